The third kappa shape index (κ3) is 3.06. The number of piperidine rings is 1. The zero-order valence-corrected chi connectivity index (χ0v) is 10.2. The average Bonchev–Trinajstić information content (AvgIpc) is 2.34. The fourth-order valence-corrected chi connectivity index (χ4v) is 2.27. The summed E-state index contributed by atoms with van der Waals surface area (Å²) in [6, 6.07) is 1.53. The number of H-pyrrole nitrogens is 1. The van der Waals surface area contributed by atoms with Crippen LogP contribution in [0.2, 0.25) is 0 Å². The van der Waals surface area contributed by atoms with Gasteiger partial charge in [0, 0.05) is 18.8 Å². The lowest BCUT2D eigenvalue weighted by molar-refractivity contribution is 0.353. The fourth-order valence-electron chi connectivity index (χ4n) is 2.27. The molecular formula is C12H19N3O2. The van der Waals surface area contributed by atoms with Gasteiger partial charge in [-0.15, -0.1) is 0 Å². The summed E-state index contributed by atoms with van der Waals surface area (Å²) in [6.45, 7) is 2.16. The fraction of sp³-hybridized carbons (Fsp3) is 0.667. The van der Waals surface area contributed by atoms with Crippen LogP contribution in [0.3, 0.4) is 0 Å². The number of aromatic nitrogens is 2. The Bertz CT molecular complexity index is 452. The van der Waals surface area contributed by atoms with Crippen LogP contribution in [-0.2, 0) is 13.5 Å². The first-order valence-electron chi connectivity index (χ1n) is 6.17. The molecule has 2 N–H and O–H groups in total. The molecule has 1 aromatic rings. The minimum atomic E-state index is -0.321. The molecule has 0 saturated carbocycles. The summed E-state index contributed by atoms with van der Waals surface area (Å²) in [5, 5.41) is 3.33. The number of nitrogens with one attached hydrogen (secondary N) is 2. The van der Waals surface area contributed by atoms with E-state index < -0.39 is 0 Å². The lowest BCUT2D eigenvalue weighted by Gasteiger charge is -2.22. The van der Waals surface area contributed by atoms with E-state index in [2.05, 4.69) is 10.3 Å². The van der Waals surface area contributed by atoms with Gasteiger partial charge in [0.05, 0.1) is 0 Å². The van der Waals surface area contributed by atoms with Crippen molar-refractivity contribution in [1.29, 1.82) is 0 Å². The van der Waals surface area contributed by atoms with Crippen LogP contribution in [0, 0.1) is 5.92 Å². The van der Waals surface area contributed by atoms with E-state index in [1.54, 1.807) is 0 Å². The van der Waals surface area contributed by atoms with Gasteiger partial charge >= 0.3 is 5.69 Å². The van der Waals surface area contributed by atoms with Crippen LogP contribution in [0.5, 0.6) is 0 Å². The maximum Gasteiger partial charge on any atom is 0.328 e. The van der Waals surface area contributed by atoms with E-state index >= 15 is 0 Å². The highest BCUT2D eigenvalue weighted by Crippen LogP contribution is 2.17. The highest BCUT2D eigenvalue weighted by atomic mass is 16.2. The van der Waals surface area contributed by atoms with Crippen LogP contribution in [0.1, 0.15) is 25.0 Å². The molecule has 0 aliphatic carbocycles. The number of hydrogen-bond donors (Lipinski definition) is 2. The molecule has 1 saturated heterocycles. The van der Waals surface area contributed by atoms with Crippen LogP contribution < -0.4 is 16.6 Å². The molecule has 0 radical (unpaired) electrons. The van der Waals surface area contributed by atoms with Gasteiger partial charge in [0.1, 0.15) is 0 Å². The van der Waals surface area contributed by atoms with Crippen molar-refractivity contribution in [2.24, 2.45) is 13.0 Å². The maximum absolute atomic E-state index is 11.4. The molecule has 5 heteroatoms. The smallest absolute Gasteiger partial charge is 0.317 e. The molecule has 1 aliphatic rings. The van der Waals surface area contributed by atoms with E-state index in [4.69, 9.17) is 0 Å². The third-order valence-electron chi connectivity index (χ3n) is 3.48. The minimum absolute atomic E-state index is 0.228. The highest BCUT2D eigenvalue weighted by Gasteiger charge is 2.13. The van der Waals surface area contributed by atoms with Gasteiger partial charge in [-0.3, -0.25) is 9.36 Å². The van der Waals surface area contributed by atoms with Crippen molar-refractivity contribution in [3.63, 3.8) is 0 Å². The van der Waals surface area contributed by atoms with E-state index in [0.29, 0.717) is 5.92 Å². The van der Waals surface area contributed by atoms with Gasteiger partial charge in [0.15, 0.2) is 0 Å². The Kier molecular flexibility index (Phi) is 3.78. The average molecular weight is 237 g/mol. The van der Waals surface area contributed by atoms with Gasteiger partial charge in [-0.1, -0.05) is 0 Å². The quantitative estimate of drug-likeness (QED) is 0.778. The first-order valence-corrected chi connectivity index (χ1v) is 6.17. The molecule has 1 aliphatic heterocycles. The zero-order valence-electron chi connectivity index (χ0n) is 10.2. The molecule has 1 fully saturated rings. The molecule has 1 aromatic heterocycles. The summed E-state index contributed by atoms with van der Waals surface area (Å²) in [7, 11) is 1.48. The molecule has 0 atom stereocenters. The molecular weight excluding hydrogens is 218 g/mol. The second-order valence-electron chi connectivity index (χ2n) is 4.73. The standard InChI is InChI=1S/C12H19N3O2/c1-15-11(16)8-10(14-12(15)17)3-2-9-4-6-13-7-5-9/h8-9,13H,2-7H2,1H3,(H,14,17). The largest absolute Gasteiger partial charge is 0.328 e. The molecule has 94 valence electrons. The lowest BCUT2D eigenvalue weighted by Crippen LogP contribution is -2.33. The Hall–Kier alpha value is -1.36. The van der Waals surface area contributed by atoms with E-state index in [-0.39, 0.29) is 11.2 Å². The first kappa shape index (κ1) is 12.1. The van der Waals surface area contributed by atoms with Gasteiger partial charge in [-0.05, 0) is 44.7 Å². The highest BCUT2D eigenvalue weighted by molar-refractivity contribution is 5.00. The van der Waals surface area contributed by atoms with Crippen molar-refractivity contribution in [2.75, 3.05) is 13.1 Å². The number of rotatable bonds is 3. The van der Waals surface area contributed by atoms with Crippen LogP contribution in [0.4, 0.5) is 0 Å². The van der Waals surface area contributed by atoms with E-state index in [9.17, 15) is 9.59 Å². The summed E-state index contributed by atoms with van der Waals surface area (Å²) in [5.74, 6) is 0.712. The van der Waals surface area contributed by atoms with Crippen LogP contribution in [-0.4, -0.2) is 22.6 Å². The summed E-state index contributed by atoms with van der Waals surface area (Å²) >= 11 is 0. The van der Waals surface area contributed by atoms with Crippen LogP contribution >= 0.6 is 0 Å². The van der Waals surface area contributed by atoms with Crippen molar-refractivity contribution in [3.05, 3.63) is 32.6 Å². The van der Waals surface area contributed by atoms with Gasteiger partial charge in [0.25, 0.3) is 5.56 Å². The second kappa shape index (κ2) is 5.31. The summed E-state index contributed by atoms with van der Waals surface area (Å²) in [6.07, 6.45) is 4.21. The summed E-state index contributed by atoms with van der Waals surface area (Å²) < 4.78 is 1.09. The molecule has 0 amide bonds. The second-order valence-corrected chi connectivity index (χ2v) is 4.73. The molecule has 0 bridgehead atoms. The van der Waals surface area contributed by atoms with E-state index in [1.165, 1.54) is 26.0 Å². The molecule has 0 unspecified atom stereocenters. The van der Waals surface area contributed by atoms with Crippen LogP contribution in [0.25, 0.3) is 0 Å². The van der Waals surface area contributed by atoms with E-state index in [1.807, 2.05) is 0 Å². The topological polar surface area (TPSA) is 66.9 Å². The minimum Gasteiger partial charge on any atom is -0.317 e. The number of aryl methyl sites for hydroxylation is 1. The van der Waals surface area contributed by atoms with Crippen molar-refractivity contribution >= 4 is 0 Å². The SMILES string of the molecule is Cn1c(=O)cc(CCC2CCNCC2)[nH]c1=O. The first-order chi connectivity index (χ1) is 8.16. The molecule has 5 nitrogen and oxygen atoms in total. The van der Waals surface area contributed by atoms with Gasteiger partial charge in [0.2, 0.25) is 0 Å². The van der Waals surface area contributed by atoms with Gasteiger partial charge in [-0.2, -0.15) is 0 Å². The van der Waals surface area contributed by atoms with E-state index in [0.717, 1.165) is 36.2 Å². The zero-order chi connectivity index (χ0) is 12.3. The molecule has 0 aromatic carbocycles. The van der Waals surface area contributed by atoms with Crippen LogP contribution in [0.15, 0.2) is 15.7 Å². The number of aromatic amines is 1. The predicted molar refractivity (Wildman–Crippen MR) is 66.2 cm³/mol. The predicted octanol–water partition coefficient (Wildman–Crippen LogP) is 0.00580. The molecule has 0 spiro atoms. The van der Waals surface area contributed by atoms with Crippen molar-refractivity contribution in [3.8, 4) is 0 Å². The monoisotopic (exact) mass is 237 g/mol. The lowest BCUT2D eigenvalue weighted by atomic mass is 9.92. The number of hydrogen-bond acceptors (Lipinski definition) is 3. The molecule has 2 heterocycles. The van der Waals surface area contributed by atoms with Crippen molar-refractivity contribution < 1.29 is 0 Å². The Labute approximate surface area is 99.9 Å². The Morgan fingerprint density at radius 2 is 2.06 bits per heavy atom. The van der Waals surface area contributed by atoms with Crippen molar-refractivity contribution in [2.45, 2.75) is 25.7 Å². The third-order valence-corrected chi connectivity index (χ3v) is 3.48. The van der Waals surface area contributed by atoms with Gasteiger partial charge in [-0.25, -0.2) is 4.79 Å². The Balaban J connectivity index is 1.99. The normalized spacial score (nSPS) is 17.2. The molecule has 2 rings (SSSR count). The van der Waals surface area contributed by atoms with Crippen molar-refractivity contribution in [1.82, 2.24) is 14.9 Å². The van der Waals surface area contributed by atoms with Gasteiger partial charge < -0.3 is 10.3 Å². The summed E-state index contributed by atoms with van der Waals surface area (Å²) in [4.78, 5) is 25.6. The Morgan fingerprint density at radius 3 is 2.71 bits per heavy atom. The maximum atomic E-state index is 11.4. The summed E-state index contributed by atoms with van der Waals surface area (Å²) in [5.41, 5.74) is 0.212. The number of nitrogens with zero attached hydrogens (tertiary/aromatic N) is 1. The Morgan fingerprint density at radius 1 is 1.35 bits per heavy atom. The molecule has 17 heavy (non-hydrogen) atoms.